The number of rotatable bonds is 4. The standard InChI is InChI=1S/C25H26N4O3S.CH4/c1-27-12-7-13-28(15-14-27)25(31)23-21(32-2)20-22(33-23)18-9-3-4-10-19(18)29(24(20)30)16-17-8-5-6-11-26-17;/h3-6,8-11H,7,12-16H2,1-2H3;1H4. The summed E-state index contributed by atoms with van der Waals surface area (Å²) in [7, 11) is 3.61. The lowest BCUT2D eigenvalue weighted by molar-refractivity contribution is 0.0765. The van der Waals surface area contributed by atoms with Crippen LogP contribution in [0.3, 0.4) is 0 Å². The number of methoxy groups -OCH3 is 1. The molecule has 1 saturated heterocycles. The maximum absolute atomic E-state index is 13.8. The summed E-state index contributed by atoms with van der Waals surface area (Å²) in [5.74, 6) is 0.311. The maximum atomic E-state index is 13.8. The van der Waals surface area contributed by atoms with E-state index in [-0.39, 0.29) is 18.9 Å². The Balaban J connectivity index is 0.00000274. The minimum absolute atomic E-state index is 0. The molecule has 1 amide bonds. The minimum atomic E-state index is -0.169. The first-order valence-electron chi connectivity index (χ1n) is 11.1. The molecule has 1 aromatic carbocycles. The predicted octanol–water partition coefficient (Wildman–Crippen LogP) is 4.08. The molecule has 5 rings (SSSR count). The predicted molar refractivity (Wildman–Crippen MR) is 138 cm³/mol. The van der Waals surface area contributed by atoms with Crippen molar-refractivity contribution in [1.82, 2.24) is 19.4 Å². The summed E-state index contributed by atoms with van der Waals surface area (Å²) in [6, 6.07) is 13.5. The number of thiophene rings is 1. The molecule has 0 spiro atoms. The molecule has 3 aromatic heterocycles. The number of fused-ring (bicyclic) bond motifs is 3. The van der Waals surface area contributed by atoms with Crippen molar-refractivity contribution in [2.75, 3.05) is 40.3 Å². The van der Waals surface area contributed by atoms with E-state index in [1.807, 2.05) is 47.4 Å². The summed E-state index contributed by atoms with van der Waals surface area (Å²) in [5.41, 5.74) is 1.44. The number of likely N-dealkylation sites (N-methyl/N-ethyl adjacent to an activating group) is 1. The van der Waals surface area contributed by atoms with E-state index in [4.69, 9.17) is 4.74 Å². The molecule has 4 heterocycles. The van der Waals surface area contributed by atoms with Gasteiger partial charge >= 0.3 is 0 Å². The topological polar surface area (TPSA) is 67.7 Å². The van der Waals surface area contributed by atoms with Gasteiger partial charge in [0.1, 0.15) is 10.3 Å². The van der Waals surface area contributed by atoms with E-state index in [1.165, 1.54) is 18.4 Å². The molecule has 0 unspecified atom stereocenters. The van der Waals surface area contributed by atoms with Crippen LogP contribution in [0.15, 0.2) is 53.5 Å². The Kier molecular flexibility index (Phi) is 7.00. The Morgan fingerprint density at radius 3 is 2.65 bits per heavy atom. The van der Waals surface area contributed by atoms with Gasteiger partial charge in [0.2, 0.25) is 0 Å². The van der Waals surface area contributed by atoms with Crippen molar-refractivity contribution in [3.63, 3.8) is 0 Å². The number of amides is 1. The highest BCUT2D eigenvalue weighted by molar-refractivity contribution is 7.22. The Morgan fingerprint density at radius 2 is 1.88 bits per heavy atom. The lowest BCUT2D eigenvalue weighted by Crippen LogP contribution is -2.34. The molecular weight excluding hydrogens is 448 g/mol. The van der Waals surface area contributed by atoms with E-state index in [1.54, 1.807) is 10.8 Å². The molecule has 1 fully saturated rings. The first-order chi connectivity index (χ1) is 16.1. The van der Waals surface area contributed by atoms with Gasteiger partial charge in [0.15, 0.2) is 5.75 Å². The second kappa shape index (κ2) is 9.95. The molecular formula is C26H30N4O3S. The van der Waals surface area contributed by atoms with E-state index in [2.05, 4.69) is 16.9 Å². The van der Waals surface area contributed by atoms with Crippen molar-refractivity contribution in [3.8, 4) is 5.75 Å². The smallest absolute Gasteiger partial charge is 0.267 e. The summed E-state index contributed by atoms with van der Waals surface area (Å²) in [6.07, 6.45) is 2.65. The van der Waals surface area contributed by atoms with Gasteiger partial charge < -0.3 is 19.1 Å². The summed E-state index contributed by atoms with van der Waals surface area (Å²) < 4.78 is 8.24. The highest BCUT2D eigenvalue weighted by atomic mass is 32.1. The number of para-hydroxylation sites is 1. The zero-order valence-electron chi connectivity index (χ0n) is 18.8. The lowest BCUT2D eigenvalue weighted by atomic mass is 10.1. The van der Waals surface area contributed by atoms with Crippen molar-refractivity contribution >= 4 is 38.2 Å². The molecule has 7 nitrogen and oxygen atoms in total. The van der Waals surface area contributed by atoms with Gasteiger partial charge in [-0.1, -0.05) is 31.7 Å². The van der Waals surface area contributed by atoms with Gasteiger partial charge in [-0.3, -0.25) is 14.6 Å². The number of nitrogens with zero attached hydrogens (tertiary/aromatic N) is 4. The van der Waals surface area contributed by atoms with Crippen LogP contribution in [0.25, 0.3) is 21.0 Å². The fraction of sp³-hybridized carbons (Fsp3) is 0.346. The number of hydrogen-bond donors (Lipinski definition) is 0. The molecule has 1 aliphatic rings. The third kappa shape index (κ3) is 4.19. The molecule has 8 heteroatoms. The van der Waals surface area contributed by atoms with Gasteiger partial charge in [0, 0.05) is 31.2 Å². The quantitative estimate of drug-likeness (QED) is 0.442. The minimum Gasteiger partial charge on any atom is -0.494 e. The number of ether oxygens (including phenoxy) is 1. The Bertz CT molecular complexity index is 1380. The first kappa shape index (κ1) is 23.9. The summed E-state index contributed by atoms with van der Waals surface area (Å²) in [4.78, 5) is 36.3. The number of carbonyl (C=O) groups is 1. The van der Waals surface area contributed by atoms with Crippen molar-refractivity contribution < 1.29 is 9.53 Å². The summed E-state index contributed by atoms with van der Waals surface area (Å²) in [5, 5.41) is 1.40. The largest absolute Gasteiger partial charge is 0.494 e. The molecule has 0 aliphatic carbocycles. The number of aromatic nitrogens is 2. The van der Waals surface area contributed by atoms with E-state index in [0.29, 0.717) is 35.6 Å². The van der Waals surface area contributed by atoms with E-state index in [9.17, 15) is 9.59 Å². The molecule has 0 saturated carbocycles. The van der Waals surface area contributed by atoms with Crippen LogP contribution in [-0.4, -0.2) is 65.6 Å². The van der Waals surface area contributed by atoms with Crippen LogP contribution in [0.4, 0.5) is 0 Å². The number of hydrogen-bond acceptors (Lipinski definition) is 6. The molecule has 0 bridgehead atoms. The fourth-order valence-electron chi connectivity index (χ4n) is 4.48. The molecule has 1 aliphatic heterocycles. The maximum Gasteiger partial charge on any atom is 0.267 e. The van der Waals surface area contributed by atoms with Crippen molar-refractivity contribution in [2.24, 2.45) is 0 Å². The van der Waals surface area contributed by atoms with Crippen LogP contribution in [0.5, 0.6) is 5.75 Å². The SMILES string of the molecule is C.COc1c(C(=O)N2CCCN(C)CC2)sc2c1c(=O)n(Cc1ccccn1)c1ccccc21. The van der Waals surface area contributed by atoms with Crippen LogP contribution in [0.1, 0.15) is 29.2 Å². The highest BCUT2D eigenvalue weighted by Gasteiger charge is 2.28. The fourth-order valence-corrected chi connectivity index (χ4v) is 5.75. The average Bonchev–Trinajstić information content (AvgIpc) is 3.10. The number of benzene rings is 1. The molecule has 34 heavy (non-hydrogen) atoms. The van der Waals surface area contributed by atoms with E-state index in [0.717, 1.165) is 40.8 Å². The van der Waals surface area contributed by atoms with E-state index >= 15 is 0 Å². The highest BCUT2D eigenvalue weighted by Crippen LogP contribution is 2.40. The second-order valence-electron chi connectivity index (χ2n) is 8.35. The van der Waals surface area contributed by atoms with E-state index < -0.39 is 0 Å². The van der Waals surface area contributed by atoms with Crippen LogP contribution >= 0.6 is 11.3 Å². The second-order valence-corrected chi connectivity index (χ2v) is 9.37. The van der Waals surface area contributed by atoms with Gasteiger partial charge in [-0.25, -0.2) is 0 Å². The molecule has 0 N–H and O–H groups in total. The summed E-state index contributed by atoms with van der Waals surface area (Å²) in [6.45, 7) is 3.51. The first-order valence-corrected chi connectivity index (χ1v) is 11.9. The molecule has 178 valence electrons. The normalized spacial score (nSPS) is 14.7. The van der Waals surface area contributed by atoms with Gasteiger partial charge in [0.05, 0.1) is 29.6 Å². The number of carbonyl (C=O) groups excluding carboxylic acids is 1. The Morgan fingerprint density at radius 1 is 1.09 bits per heavy atom. The average molecular weight is 479 g/mol. The van der Waals surface area contributed by atoms with Gasteiger partial charge in [-0.2, -0.15) is 0 Å². The van der Waals surface area contributed by atoms with Gasteiger partial charge in [0.25, 0.3) is 11.5 Å². The van der Waals surface area contributed by atoms with Crippen LogP contribution in [0, 0.1) is 0 Å². The number of pyridine rings is 2. The third-order valence-electron chi connectivity index (χ3n) is 6.21. The molecule has 0 atom stereocenters. The van der Waals surface area contributed by atoms with Gasteiger partial charge in [-0.05, 0) is 38.2 Å². The van der Waals surface area contributed by atoms with Gasteiger partial charge in [-0.15, -0.1) is 11.3 Å². The van der Waals surface area contributed by atoms with Crippen molar-refractivity contribution in [1.29, 1.82) is 0 Å². The molecule has 0 radical (unpaired) electrons. The monoisotopic (exact) mass is 478 g/mol. The summed E-state index contributed by atoms with van der Waals surface area (Å²) >= 11 is 1.36. The Hall–Kier alpha value is -3.23. The van der Waals surface area contributed by atoms with Crippen LogP contribution in [-0.2, 0) is 6.54 Å². The van der Waals surface area contributed by atoms with Crippen molar-refractivity contribution in [3.05, 3.63) is 69.6 Å². The lowest BCUT2D eigenvalue weighted by Gasteiger charge is -2.20. The Labute approximate surface area is 203 Å². The third-order valence-corrected chi connectivity index (χ3v) is 7.41. The van der Waals surface area contributed by atoms with Crippen LogP contribution < -0.4 is 10.3 Å². The molecule has 4 aromatic rings. The van der Waals surface area contributed by atoms with Crippen molar-refractivity contribution in [2.45, 2.75) is 20.4 Å². The zero-order valence-corrected chi connectivity index (χ0v) is 19.6. The zero-order chi connectivity index (χ0) is 22.9. The van der Waals surface area contributed by atoms with Crippen LogP contribution in [0.2, 0.25) is 0 Å².